The summed E-state index contributed by atoms with van der Waals surface area (Å²) in [5, 5.41) is 0. The van der Waals surface area contributed by atoms with E-state index in [0.717, 1.165) is 0 Å². The summed E-state index contributed by atoms with van der Waals surface area (Å²) >= 11 is 0. The third-order valence-corrected chi connectivity index (χ3v) is 4.66. The van der Waals surface area contributed by atoms with Crippen molar-refractivity contribution < 1.29 is 0 Å². The van der Waals surface area contributed by atoms with E-state index in [1.807, 2.05) is 0 Å². The molecule has 2 aromatic rings. The van der Waals surface area contributed by atoms with Gasteiger partial charge in [0.1, 0.15) is 0 Å². The van der Waals surface area contributed by atoms with Gasteiger partial charge in [-0.1, -0.05) is 61.4 Å². The standard InChI is InChI=1S/C21H26/c1-2-4-7-19-12-16-21(17-13-19)9-5-8-20-14-10-18(6-3-1)11-15-20/h10-17H,1-9H2. The van der Waals surface area contributed by atoms with Gasteiger partial charge < -0.3 is 0 Å². The Hall–Kier alpha value is -1.56. The number of rotatable bonds is 0. The van der Waals surface area contributed by atoms with Crippen molar-refractivity contribution in [3.63, 3.8) is 0 Å². The van der Waals surface area contributed by atoms with Crippen LogP contribution in [-0.2, 0) is 25.7 Å². The van der Waals surface area contributed by atoms with Gasteiger partial charge in [0, 0.05) is 0 Å². The van der Waals surface area contributed by atoms with Gasteiger partial charge >= 0.3 is 0 Å². The molecule has 0 spiro atoms. The predicted octanol–water partition coefficient (Wildman–Crippen LogP) is 5.52. The normalized spacial score (nSPS) is 16.8. The van der Waals surface area contributed by atoms with Crippen molar-refractivity contribution >= 4 is 0 Å². The first-order valence-corrected chi connectivity index (χ1v) is 8.56. The Morgan fingerprint density at radius 1 is 0.333 bits per heavy atom. The van der Waals surface area contributed by atoms with Crippen LogP contribution in [0, 0.1) is 0 Å². The molecule has 2 aromatic carbocycles. The first-order valence-electron chi connectivity index (χ1n) is 8.56. The number of aryl methyl sites for hydroxylation is 4. The molecular formula is C21H26. The monoisotopic (exact) mass is 278 g/mol. The maximum atomic E-state index is 2.34. The molecule has 0 nitrogen and oxygen atoms in total. The van der Waals surface area contributed by atoms with Crippen LogP contribution >= 0.6 is 0 Å². The number of hydrogen-bond donors (Lipinski definition) is 0. The van der Waals surface area contributed by atoms with E-state index in [1.54, 1.807) is 0 Å². The second-order valence-electron chi connectivity index (χ2n) is 6.40. The Morgan fingerprint density at radius 2 is 0.619 bits per heavy atom. The molecule has 0 radical (unpaired) electrons. The first kappa shape index (κ1) is 14.4. The van der Waals surface area contributed by atoms with Gasteiger partial charge in [-0.15, -0.1) is 0 Å². The summed E-state index contributed by atoms with van der Waals surface area (Å²) in [4.78, 5) is 0. The average Bonchev–Trinajstić information content (AvgIpc) is 2.54. The van der Waals surface area contributed by atoms with Crippen LogP contribution in [0.25, 0.3) is 0 Å². The summed E-state index contributed by atoms with van der Waals surface area (Å²) in [6.07, 6.45) is 11.5. The molecule has 4 aliphatic rings. The molecule has 0 atom stereocenters. The van der Waals surface area contributed by atoms with Gasteiger partial charge in [0.2, 0.25) is 0 Å². The molecular weight excluding hydrogens is 252 g/mol. The summed E-state index contributed by atoms with van der Waals surface area (Å²) in [5.41, 5.74) is 5.99. The summed E-state index contributed by atoms with van der Waals surface area (Å²) in [7, 11) is 0. The lowest BCUT2D eigenvalue weighted by molar-refractivity contribution is 0.640. The van der Waals surface area contributed by atoms with E-state index >= 15 is 0 Å². The first-order chi connectivity index (χ1) is 10.4. The molecule has 0 saturated heterocycles. The van der Waals surface area contributed by atoms with Gasteiger partial charge in [-0.05, 0) is 67.2 Å². The molecule has 4 aliphatic carbocycles. The minimum Gasteiger partial charge on any atom is -0.0588 e. The van der Waals surface area contributed by atoms with Crippen LogP contribution in [0.1, 0.15) is 54.4 Å². The van der Waals surface area contributed by atoms with Crippen LogP contribution < -0.4 is 0 Å². The van der Waals surface area contributed by atoms with Crippen LogP contribution in [0.5, 0.6) is 0 Å². The van der Waals surface area contributed by atoms with Gasteiger partial charge in [-0.3, -0.25) is 0 Å². The van der Waals surface area contributed by atoms with E-state index in [0.29, 0.717) is 0 Å². The largest absolute Gasteiger partial charge is 0.0588 e. The summed E-state index contributed by atoms with van der Waals surface area (Å²) in [6.45, 7) is 0. The summed E-state index contributed by atoms with van der Waals surface area (Å²) < 4.78 is 0. The van der Waals surface area contributed by atoms with E-state index in [4.69, 9.17) is 0 Å². The molecule has 0 fully saturated rings. The van der Waals surface area contributed by atoms with Crippen molar-refractivity contribution in [1.29, 1.82) is 0 Å². The van der Waals surface area contributed by atoms with E-state index in [2.05, 4.69) is 48.5 Å². The van der Waals surface area contributed by atoms with Crippen molar-refractivity contribution in [2.75, 3.05) is 0 Å². The highest BCUT2D eigenvalue weighted by atomic mass is 14.1. The molecule has 110 valence electrons. The molecule has 0 N–H and O–H groups in total. The third-order valence-electron chi connectivity index (χ3n) is 4.66. The molecule has 0 saturated carbocycles. The smallest absolute Gasteiger partial charge is 0.0276 e. The lowest BCUT2D eigenvalue weighted by atomic mass is 10.0. The summed E-state index contributed by atoms with van der Waals surface area (Å²) in [5.74, 6) is 0. The molecule has 4 bridgehead atoms. The zero-order valence-corrected chi connectivity index (χ0v) is 13.0. The maximum absolute atomic E-state index is 2.34. The lowest BCUT2D eigenvalue weighted by Gasteiger charge is -2.05. The van der Waals surface area contributed by atoms with Crippen molar-refractivity contribution in [2.45, 2.75) is 57.8 Å². The van der Waals surface area contributed by atoms with Gasteiger partial charge in [-0.25, -0.2) is 0 Å². The van der Waals surface area contributed by atoms with E-state index in [1.165, 1.54) is 80.0 Å². The SMILES string of the molecule is c1cc2ccc1CCCCCCc1ccc(cc1)CCC2. The van der Waals surface area contributed by atoms with Crippen molar-refractivity contribution in [3.05, 3.63) is 70.8 Å². The Labute approximate surface area is 129 Å². The highest BCUT2D eigenvalue weighted by Gasteiger charge is 2.00. The summed E-state index contributed by atoms with van der Waals surface area (Å²) in [6, 6.07) is 18.7. The molecule has 0 unspecified atom stereocenters. The van der Waals surface area contributed by atoms with Gasteiger partial charge in [0.25, 0.3) is 0 Å². The van der Waals surface area contributed by atoms with Gasteiger partial charge in [0.05, 0.1) is 0 Å². The molecule has 0 amide bonds. The molecule has 0 aliphatic heterocycles. The van der Waals surface area contributed by atoms with Crippen LogP contribution in [0.3, 0.4) is 0 Å². The zero-order valence-electron chi connectivity index (χ0n) is 13.0. The van der Waals surface area contributed by atoms with Crippen molar-refractivity contribution in [2.24, 2.45) is 0 Å². The predicted molar refractivity (Wildman–Crippen MR) is 90.8 cm³/mol. The molecule has 0 heteroatoms. The highest BCUT2D eigenvalue weighted by molar-refractivity contribution is 5.25. The van der Waals surface area contributed by atoms with Crippen LogP contribution in [0.15, 0.2) is 48.5 Å². The molecule has 0 aromatic heterocycles. The Kier molecular flexibility index (Phi) is 5.10. The fourth-order valence-electron chi connectivity index (χ4n) is 3.25. The Morgan fingerprint density at radius 3 is 0.952 bits per heavy atom. The van der Waals surface area contributed by atoms with Crippen molar-refractivity contribution in [3.8, 4) is 0 Å². The maximum Gasteiger partial charge on any atom is -0.0276 e. The lowest BCUT2D eigenvalue weighted by Crippen LogP contribution is -1.92. The second-order valence-corrected chi connectivity index (χ2v) is 6.40. The minimum absolute atomic E-state index is 1.20. The van der Waals surface area contributed by atoms with Crippen LogP contribution in [0.4, 0.5) is 0 Å². The highest BCUT2D eigenvalue weighted by Crippen LogP contribution is 2.15. The second kappa shape index (κ2) is 7.45. The van der Waals surface area contributed by atoms with E-state index in [9.17, 15) is 0 Å². The fraction of sp³-hybridized carbons (Fsp3) is 0.429. The topological polar surface area (TPSA) is 0 Å². The molecule has 21 heavy (non-hydrogen) atoms. The van der Waals surface area contributed by atoms with Gasteiger partial charge in [-0.2, -0.15) is 0 Å². The Bertz CT molecular complexity index is 482. The Balaban J connectivity index is 1.69. The molecule has 6 rings (SSSR count). The van der Waals surface area contributed by atoms with Crippen LogP contribution in [-0.4, -0.2) is 0 Å². The van der Waals surface area contributed by atoms with Crippen LogP contribution in [0.2, 0.25) is 0 Å². The minimum atomic E-state index is 1.20. The van der Waals surface area contributed by atoms with E-state index < -0.39 is 0 Å². The number of benzene rings is 2. The zero-order chi connectivity index (χ0) is 14.3. The third kappa shape index (κ3) is 4.46. The molecule has 0 heterocycles. The van der Waals surface area contributed by atoms with Gasteiger partial charge in [0.15, 0.2) is 0 Å². The van der Waals surface area contributed by atoms with E-state index in [-0.39, 0.29) is 0 Å². The number of hydrogen-bond acceptors (Lipinski definition) is 0. The van der Waals surface area contributed by atoms with Crippen molar-refractivity contribution in [1.82, 2.24) is 0 Å². The average molecular weight is 278 g/mol. The quantitative estimate of drug-likeness (QED) is 0.595. The fourth-order valence-corrected chi connectivity index (χ4v) is 3.25.